The fraction of sp³-hybridized carbons (Fsp3) is 0.294. The summed E-state index contributed by atoms with van der Waals surface area (Å²) in [5, 5.41) is 11.4. The van der Waals surface area contributed by atoms with Crippen molar-refractivity contribution < 1.29 is 5.11 Å². The van der Waals surface area contributed by atoms with Crippen LogP contribution in [0.3, 0.4) is 0 Å². The predicted molar refractivity (Wildman–Crippen MR) is 96.7 cm³/mol. The molecule has 2 aliphatic rings. The molecule has 3 heterocycles. The Morgan fingerprint density at radius 3 is 2.91 bits per heavy atom. The van der Waals surface area contributed by atoms with E-state index in [1.165, 1.54) is 0 Å². The third-order valence-corrected chi connectivity index (χ3v) is 5.93. The first kappa shape index (κ1) is 15.0. The minimum absolute atomic E-state index is 0.0114. The molecule has 0 bridgehead atoms. The first-order valence-electron chi connectivity index (χ1n) is 7.54. The van der Waals surface area contributed by atoms with Gasteiger partial charge in [-0.2, -0.15) is 0 Å². The highest BCUT2D eigenvalue weighted by Crippen LogP contribution is 2.48. The fourth-order valence-electron chi connectivity index (χ4n) is 3.19. The number of halogens is 1. The quantitative estimate of drug-likeness (QED) is 0.838. The third kappa shape index (κ3) is 2.64. The molecule has 2 aromatic rings. The number of rotatable bonds is 2. The van der Waals surface area contributed by atoms with E-state index in [-0.39, 0.29) is 17.8 Å². The lowest BCUT2D eigenvalue weighted by molar-refractivity contribution is 0.321. The number of aromatic nitrogens is 1. The van der Waals surface area contributed by atoms with Gasteiger partial charge in [0.25, 0.3) is 0 Å². The maximum Gasteiger partial charge on any atom is 0.160 e. The molecule has 2 aliphatic heterocycles. The Bertz CT molecular complexity index is 768. The summed E-state index contributed by atoms with van der Waals surface area (Å²) in [6, 6.07) is 11.8. The van der Waals surface area contributed by atoms with Gasteiger partial charge in [-0.1, -0.05) is 30.8 Å². The summed E-state index contributed by atoms with van der Waals surface area (Å²) in [5.74, 6) is 0.256. The van der Waals surface area contributed by atoms with Crippen LogP contribution in [0.1, 0.15) is 30.3 Å². The molecule has 4 rings (SSSR count). The van der Waals surface area contributed by atoms with Gasteiger partial charge >= 0.3 is 0 Å². The van der Waals surface area contributed by atoms with Crippen LogP contribution in [-0.4, -0.2) is 32.0 Å². The largest absolute Gasteiger partial charge is 0.507 e. The number of pyridine rings is 1. The molecule has 0 spiro atoms. The zero-order valence-electron chi connectivity index (χ0n) is 12.6. The summed E-state index contributed by atoms with van der Waals surface area (Å²) in [6.45, 7) is 3.21. The second-order valence-electron chi connectivity index (χ2n) is 5.85. The Balaban J connectivity index is 1.79. The number of hydrogen-bond donors (Lipinski definition) is 1. The molecular weight excluding hydrogens is 374 g/mol. The van der Waals surface area contributed by atoms with E-state index in [9.17, 15) is 5.11 Å². The Labute approximate surface area is 147 Å². The van der Waals surface area contributed by atoms with Crippen LogP contribution in [0.2, 0.25) is 0 Å². The van der Waals surface area contributed by atoms with E-state index < -0.39 is 0 Å². The first-order chi connectivity index (χ1) is 11.1. The van der Waals surface area contributed by atoms with E-state index in [1.54, 1.807) is 6.07 Å². The molecule has 23 heavy (non-hydrogen) atoms. The van der Waals surface area contributed by atoms with Crippen LogP contribution in [0.25, 0.3) is 0 Å². The van der Waals surface area contributed by atoms with E-state index in [2.05, 4.69) is 32.7 Å². The molecule has 1 aromatic heterocycles. The second-order valence-corrected chi connectivity index (χ2v) is 8.11. The van der Waals surface area contributed by atoms with Crippen LogP contribution in [0.4, 0.5) is 0 Å². The number of aromatic hydroxyl groups is 1. The van der Waals surface area contributed by atoms with Crippen LogP contribution in [0.15, 0.2) is 52.1 Å². The van der Waals surface area contributed by atoms with E-state index in [0.29, 0.717) is 9.72 Å². The highest BCUT2D eigenvalue weighted by Gasteiger charge is 2.43. The van der Waals surface area contributed by atoms with Crippen molar-refractivity contribution in [1.29, 1.82) is 0 Å². The summed E-state index contributed by atoms with van der Waals surface area (Å²) in [5.41, 5.74) is 2.12. The smallest absolute Gasteiger partial charge is 0.160 e. The summed E-state index contributed by atoms with van der Waals surface area (Å²) in [4.78, 5) is 11.8. The van der Waals surface area contributed by atoms with Crippen LogP contribution in [-0.2, 0) is 0 Å². The van der Waals surface area contributed by atoms with Gasteiger partial charge in [0.1, 0.15) is 11.8 Å². The highest BCUT2D eigenvalue weighted by atomic mass is 79.9. The molecule has 0 saturated carbocycles. The van der Waals surface area contributed by atoms with Gasteiger partial charge in [-0.3, -0.25) is 9.98 Å². The van der Waals surface area contributed by atoms with Crippen LogP contribution in [0, 0.1) is 0 Å². The molecule has 1 saturated heterocycles. The molecule has 0 amide bonds. The van der Waals surface area contributed by atoms with Gasteiger partial charge in [-0.25, -0.2) is 0 Å². The highest BCUT2D eigenvalue weighted by molar-refractivity contribution is 9.10. The number of phenolic OH excluding ortho intramolecular Hbond substituents is 1. The van der Waals surface area contributed by atoms with Gasteiger partial charge < -0.3 is 10.0 Å². The standard InChI is InChI=1S/C17H16BrN3OS/c1-10-9-21-16(11-5-6-14(22)12(18)8-11)15(20-17(21)23-10)13-4-2-3-7-19-13/h2-8,10,15-16,22H,9H2,1H3/t10-,15-,16-/m0/s1. The van der Waals surface area contributed by atoms with Crippen molar-refractivity contribution in [2.24, 2.45) is 4.99 Å². The van der Waals surface area contributed by atoms with Crippen LogP contribution >= 0.6 is 27.7 Å². The number of amidine groups is 1. The minimum Gasteiger partial charge on any atom is -0.507 e. The number of benzene rings is 1. The average molecular weight is 390 g/mol. The molecule has 0 radical (unpaired) electrons. The number of thioether (sulfide) groups is 1. The molecule has 3 atom stereocenters. The third-order valence-electron chi connectivity index (χ3n) is 4.19. The summed E-state index contributed by atoms with van der Waals surface area (Å²) in [7, 11) is 0. The van der Waals surface area contributed by atoms with Crippen molar-refractivity contribution in [3.8, 4) is 5.75 Å². The van der Waals surface area contributed by atoms with E-state index >= 15 is 0 Å². The van der Waals surface area contributed by atoms with Gasteiger partial charge in [0, 0.05) is 18.0 Å². The van der Waals surface area contributed by atoms with Crippen molar-refractivity contribution in [1.82, 2.24) is 9.88 Å². The van der Waals surface area contributed by atoms with Crippen molar-refractivity contribution in [2.75, 3.05) is 6.54 Å². The van der Waals surface area contributed by atoms with E-state index in [4.69, 9.17) is 4.99 Å². The second kappa shape index (κ2) is 5.83. The number of aliphatic imine (C=N–C) groups is 1. The Hall–Kier alpha value is -1.53. The lowest BCUT2D eigenvalue weighted by Gasteiger charge is -2.27. The number of nitrogens with zero attached hydrogens (tertiary/aromatic N) is 3. The normalized spacial score (nSPS) is 26.3. The van der Waals surface area contributed by atoms with E-state index in [0.717, 1.165) is 23.0 Å². The monoisotopic (exact) mass is 389 g/mol. The molecule has 1 fully saturated rings. The lowest BCUT2D eigenvalue weighted by atomic mass is 9.96. The average Bonchev–Trinajstić information content (AvgIpc) is 3.07. The SMILES string of the molecule is C[C@H]1CN2C(=N[C@@H](c3ccccn3)[C@@H]2c2ccc(O)c(Br)c2)S1. The maximum absolute atomic E-state index is 9.79. The fourth-order valence-corrected chi connectivity index (χ4v) is 4.67. The number of hydrogen-bond acceptors (Lipinski definition) is 5. The molecule has 0 aliphatic carbocycles. The van der Waals surface area contributed by atoms with Crippen molar-refractivity contribution in [2.45, 2.75) is 24.3 Å². The minimum atomic E-state index is -0.0114. The number of fused-ring (bicyclic) bond motifs is 1. The zero-order chi connectivity index (χ0) is 16.0. The first-order valence-corrected chi connectivity index (χ1v) is 9.21. The lowest BCUT2D eigenvalue weighted by Crippen LogP contribution is -2.28. The topological polar surface area (TPSA) is 48.7 Å². The molecule has 0 unspecified atom stereocenters. The molecule has 118 valence electrons. The molecule has 6 heteroatoms. The maximum atomic E-state index is 9.79. The van der Waals surface area contributed by atoms with E-state index in [1.807, 2.05) is 48.3 Å². The van der Waals surface area contributed by atoms with Gasteiger partial charge in [0.2, 0.25) is 0 Å². The van der Waals surface area contributed by atoms with Gasteiger partial charge in [0.05, 0.1) is 16.2 Å². The van der Waals surface area contributed by atoms with Crippen LogP contribution < -0.4 is 0 Å². The Morgan fingerprint density at radius 2 is 2.17 bits per heavy atom. The van der Waals surface area contributed by atoms with Crippen LogP contribution in [0.5, 0.6) is 5.75 Å². The van der Waals surface area contributed by atoms with Gasteiger partial charge in [-0.05, 0) is 45.8 Å². The molecule has 1 aromatic carbocycles. The number of phenols is 1. The summed E-state index contributed by atoms with van der Waals surface area (Å²) < 4.78 is 0.711. The summed E-state index contributed by atoms with van der Waals surface area (Å²) >= 11 is 5.25. The Kier molecular flexibility index (Phi) is 3.81. The van der Waals surface area contributed by atoms with Crippen molar-refractivity contribution in [3.05, 3.63) is 58.3 Å². The van der Waals surface area contributed by atoms with Crippen molar-refractivity contribution >= 4 is 32.9 Å². The predicted octanol–water partition coefficient (Wildman–Crippen LogP) is 4.14. The molecule has 1 N–H and O–H groups in total. The van der Waals surface area contributed by atoms with Gasteiger partial charge in [0.15, 0.2) is 5.17 Å². The molecular formula is C17H16BrN3OS. The van der Waals surface area contributed by atoms with Crippen molar-refractivity contribution in [3.63, 3.8) is 0 Å². The Morgan fingerprint density at radius 1 is 1.30 bits per heavy atom. The molecule has 4 nitrogen and oxygen atoms in total. The van der Waals surface area contributed by atoms with Gasteiger partial charge in [-0.15, -0.1) is 0 Å². The zero-order valence-corrected chi connectivity index (χ0v) is 15.0. The summed E-state index contributed by atoms with van der Waals surface area (Å²) in [6.07, 6.45) is 1.82.